The van der Waals surface area contributed by atoms with Gasteiger partial charge >= 0.3 is 5.97 Å². The number of esters is 1. The van der Waals surface area contributed by atoms with E-state index in [2.05, 4.69) is 0 Å². The lowest BCUT2D eigenvalue weighted by Gasteiger charge is -2.35. The molecule has 0 radical (unpaired) electrons. The highest BCUT2D eigenvalue weighted by atomic mass is 35.5. The first-order chi connectivity index (χ1) is 11.6. The van der Waals surface area contributed by atoms with Crippen LogP contribution in [0.25, 0.3) is 0 Å². The molecule has 0 N–H and O–H groups in total. The molecular weight excluding hydrogens is 330 g/mol. The van der Waals surface area contributed by atoms with Crippen molar-refractivity contribution >= 4 is 23.5 Å². The van der Waals surface area contributed by atoms with Gasteiger partial charge in [0.2, 0.25) is 5.91 Å². The summed E-state index contributed by atoms with van der Waals surface area (Å²) in [7, 11) is 0. The largest absolute Gasteiger partial charge is 0.492 e. The Kier molecular flexibility index (Phi) is 5.29. The summed E-state index contributed by atoms with van der Waals surface area (Å²) < 4.78 is 10.8. The molecule has 3 rings (SSSR count). The summed E-state index contributed by atoms with van der Waals surface area (Å²) in [5.74, 6) is 0.207. The van der Waals surface area contributed by atoms with Crippen molar-refractivity contribution in [2.75, 3.05) is 26.3 Å². The van der Waals surface area contributed by atoms with Crippen molar-refractivity contribution in [3.05, 3.63) is 28.8 Å². The number of carbonyl (C=O) groups excluding carboxylic acids is 2. The Morgan fingerprint density at radius 3 is 3.00 bits per heavy atom. The van der Waals surface area contributed by atoms with Gasteiger partial charge in [0.1, 0.15) is 12.4 Å². The smallest absolute Gasteiger partial charge is 0.310 e. The predicted molar refractivity (Wildman–Crippen MR) is 90.1 cm³/mol. The predicted octanol–water partition coefficient (Wildman–Crippen LogP) is 2.69. The molecule has 1 amide bonds. The van der Waals surface area contributed by atoms with Gasteiger partial charge in [-0.1, -0.05) is 11.6 Å². The Hall–Kier alpha value is -1.75. The molecule has 1 aromatic carbocycles. The van der Waals surface area contributed by atoms with Gasteiger partial charge in [-0.05, 0) is 49.9 Å². The number of piperidine rings is 1. The molecule has 2 aliphatic heterocycles. The number of fused-ring (bicyclic) bond motifs is 1. The van der Waals surface area contributed by atoms with E-state index in [0.29, 0.717) is 37.7 Å². The molecule has 1 aromatic rings. The fourth-order valence-electron chi connectivity index (χ4n) is 3.41. The lowest BCUT2D eigenvalue weighted by molar-refractivity contribution is -0.152. The van der Waals surface area contributed by atoms with Crippen LogP contribution in [0.2, 0.25) is 5.02 Å². The Morgan fingerprint density at radius 2 is 2.21 bits per heavy atom. The first-order valence-corrected chi connectivity index (χ1v) is 8.83. The fourth-order valence-corrected chi connectivity index (χ4v) is 3.60. The summed E-state index contributed by atoms with van der Waals surface area (Å²) in [4.78, 5) is 26.6. The van der Waals surface area contributed by atoms with Gasteiger partial charge < -0.3 is 14.4 Å². The van der Waals surface area contributed by atoms with Gasteiger partial charge in [0, 0.05) is 18.1 Å². The molecule has 2 heterocycles. The van der Waals surface area contributed by atoms with Crippen LogP contribution in [-0.4, -0.2) is 43.1 Å². The van der Waals surface area contributed by atoms with Crippen LogP contribution >= 0.6 is 11.6 Å². The Labute approximate surface area is 146 Å². The third-order valence-corrected chi connectivity index (χ3v) is 4.87. The Morgan fingerprint density at radius 1 is 1.38 bits per heavy atom. The van der Waals surface area contributed by atoms with Gasteiger partial charge in [0.25, 0.3) is 0 Å². The highest BCUT2D eigenvalue weighted by Crippen LogP contribution is 2.31. The molecule has 5 nitrogen and oxygen atoms in total. The number of ether oxygens (including phenoxy) is 2. The maximum absolute atomic E-state index is 12.8. The third kappa shape index (κ3) is 3.66. The van der Waals surface area contributed by atoms with Crippen molar-refractivity contribution in [3.63, 3.8) is 0 Å². The van der Waals surface area contributed by atoms with Gasteiger partial charge in [0.15, 0.2) is 0 Å². The van der Waals surface area contributed by atoms with E-state index in [1.807, 2.05) is 12.1 Å². The van der Waals surface area contributed by atoms with E-state index in [1.54, 1.807) is 17.9 Å². The van der Waals surface area contributed by atoms with Gasteiger partial charge in [-0.25, -0.2) is 0 Å². The van der Waals surface area contributed by atoms with E-state index in [4.69, 9.17) is 21.1 Å². The van der Waals surface area contributed by atoms with Crippen LogP contribution < -0.4 is 4.74 Å². The molecule has 2 atom stereocenters. The summed E-state index contributed by atoms with van der Waals surface area (Å²) in [6.07, 6.45) is 2.22. The number of benzene rings is 1. The fraction of sp³-hybridized carbons (Fsp3) is 0.556. The minimum atomic E-state index is -0.225. The van der Waals surface area contributed by atoms with Crippen LogP contribution in [-0.2, 0) is 20.7 Å². The lowest BCUT2D eigenvalue weighted by Crippen LogP contribution is -2.47. The zero-order chi connectivity index (χ0) is 17.1. The monoisotopic (exact) mass is 351 g/mol. The Balaban J connectivity index is 1.65. The van der Waals surface area contributed by atoms with E-state index in [1.165, 1.54) is 0 Å². The average molecular weight is 352 g/mol. The quantitative estimate of drug-likeness (QED) is 0.786. The summed E-state index contributed by atoms with van der Waals surface area (Å²) >= 11 is 6.03. The summed E-state index contributed by atoms with van der Waals surface area (Å²) in [5.41, 5.74) is 0.964. The average Bonchev–Trinajstić information content (AvgIpc) is 2.60. The van der Waals surface area contributed by atoms with Crippen molar-refractivity contribution in [1.29, 1.82) is 0 Å². The number of amides is 1. The minimum absolute atomic E-state index is 0.0506. The summed E-state index contributed by atoms with van der Waals surface area (Å²) in [6.45, 7) is 3.67. The maximum Gasteiger partial charge on any atom is 0.310 e. The molecule has 0 spiro atoms. The van der Waals surface area contributed by atoms with Crippen molar-refractivity contribution < 1.29 is 19.1 Å². The molecule has 0 unspecified atom stereocenters. The third-order valence-electron chi connectivity index (χ3n) is 4.63. The number of rotatable bonds is 3. The molecule has 0 aliphatic carbocycles. The van der Waals surface area contributed by atoms with E-state index in [-0.39, 0.29) is 23.7 Å². The van der Waals surface area contributed by atoms with Crippen LogP contribution in [0.15, 0.2) is 18.2 Å². The molecule has 1 saturated heterocycles. The number of hydrogen-bond acceptors (Lipinski definition) is 4. The maximum atomic E-state index is 12.8. The Bertz CT molecular complexity index is 633. The van der Waals surface area contributed by atoms with Gasteiger partial charge in [-0.2, -0.15) is 0 Å². The van der Waals surface area contributed by atoms with Gasteiger partial charge in [-0.15, -0.1) is 0 Å². The number of carbonyl (C=O) groups is 2. The van der Waals surface area contributed by atoms with Crippen molar-refractivity contribution in [2.45, 2.75) is 26.2 Å². The van der Waals surface area contributed by atoms with Crippen molar-refractivity contribution in [3.8, 4) is 5.75 Å². The highest BCUT2D eigenvalue weighted by Gasteiger charge is 2.34. The van der Waals surface area contributed by atoms with E-state index in [9.17, 15) is 9.59 Å². The standard InChI is InChI=1S/C18H22ClNO4/c1-2-23-18(22)12-4-3-7-20(10-12)17(21)14-8-13-9-15(19)5-6-16(13)24-11-14/h5-6,9,12,14H,2-4,7-8,10-11H2,1H3/t12-,14+/m1/s1. The van der Waals surface area contributed by atoms with Crippen molar-refractivity contribution in [2.24, 2.45) is 11.8 Å². The topological polar surface area (TPSA) is 55.8 Å². The number of halogens is 1. The summed E-state index contributed by atoms with van der Waals surface area (Å²) in [5, 5.41) is 0.644. The highest BCUT2D eigenvalue weighted by molar-refractivity contribution is 6.30. The van der Waals surface area contributed by atoms with E-state index in [0.717, 1.165) is 24.2 Å². The second-order valence-corrected chi connectivity index (χ2v) is 6.78. The van der Waals surface area contributed by atoms with Crippen LogP contribution in [0.3, 0.4) is 0 Å². The first kappa shape index (κ1) is 17.1. The second-order valence-electron chi connectivity index (χ2n) is 6.34. The van der Waals surface area contributed by atoms with Crippen LogP contribution in [0, 0.1) is 11.8 Å². The van der Waals surface area contributed by atoms with Gasteiger partial charge in [0.05, 0.1) is 18.4 Å². The van der Waals surface area contributed by atoms with Gasteiger partial charge in [-0.3, -0.25) is 9.59 Å². The normalized spacial score (nSPS) is 23.2. The molecule has 130 valence electrons. The zero-order valence-electron chi connectivity index (χ0n) is 13.8. The molecule has 0 bridgehead atoms. The SMILES string of the molecule is CCOC(=O)[C@@H]1CCCN(C(=O)[C@@H]2COc3ccc(Cl)cc3C2)C1. The molecule has 6 heteroatoms. The van der Waals surface area contributed by atoms with Crippen LogP contribution in [0.1, 0.15) is 25.3 Å². The minimum Gasteiger partial charge on any atom is -0.492 e. The molecule has 2 aliphatic rings. The number of likely N-dealkylation sites (tertiary alicyclic amines) is 1. The zero-order valence-corrected chi connectivity index (χ0v) is 14.6. The molecule has 0 saturated carbocycles. The second kappa shape index (κ2) is 7.43. The van der Waals surface area contributed by atoms with E-state index < -0.39 is 0 Å². The molecule has 1 fully saturated rings. The first-order valence-electron chi connectivity index (χ1n) is 8.45. The lowest BCUT2D eigenvalue weighted by atomic mass is 9.92. The number of hydrogen-bond donors (Lipinski definition) is 0. The van der Waals surface area contributed by atoms with E-state index >= 15 is 0 Å². The molecule has 0 aromatic heterocycles. The van der Waals surface area contributed by atoms with Crippen LogP contribution in [0.4, 0.5) is 0 Å². The van der Waals surface area contributed by atoms with Crippen molar-refractivity contribution in [1.82, 2.24) is 4.90 Å². The number of nitrogens with zero attached hydrogens (tertiary/aromatic N) is 1. The summed E-state index contributed by atoms with van der Waals surface area (Å²) in [6, 6.07) is 5.49. The van der Waals surface area contributed by atoms with Crippen LogP contribution in [0.5, 0.6) is 5.75 Å². The molecular formula is C18H22ClNO4. The molecule has 24 heavy (non-hydrogen) atoms.